The summed E-state index contributed by atoms with van der Waals surface area (Å²) < 4.78 is 81.5. The molecule has 2 N–H and O–H groups in total. The summed E-state index contributed by atoms with van der Waals surface area (Å²) in [7, 11) is 0. The largest absolute Gasteiger partial charge is 0.481 e. The zero-order valence-corrected chi connectivity index (χ0v) is 25.3. The summed E-state index contributed by atoms with van der Waals surface area (Å²) in [6, 6.07) is 13.4. The number of aliphatic carboxylic acids is 1. The Hall–Kier alpha value is -5.21. The van der Waals surface area contributed by atoms with E-state index in [1.54, 1.807) is 24.3 Å². The number of benzene rings is 3. The molecule has 0 radical (unpaired) electrons. The summed E-state index contributed by atoms with van der Waals surface area (Å²) in [6.07, 6.45) is -4.66. The van der Waals surface area contributed by atoms with E-state index in [0.717, 1.165) is 36.8 Å². The molecule has 0 heterocycles. The van der Waals surface area contributed by atoms with Crippen LogP contribution >= 0.6 is 0 Å². The summed E-state index contributed by atoms with van der Waals surface area (Å²) in [6.45, 7) is -1.32. The lowest BCUT2D eigenvalue weighted by Crippen LogP contribution is -2.35. The average molecular weight is 677 g/mol. The molecule has 0 fully saturated rings. The highest BCUT2D eigenvalue weighted by atomic mass is 19.4. The Kier molecular flexibility index (Phi) is 11.2. The standard InChI is InChI=1S/C33H30F6N4O5/c34-32(35,36)25-16-26(33(37,38)39)18-27(17-25)41-29(20-43(47)48)42(28-12-10-23(11-13-28)22-4-2-1-3-5-22)19-21-6-8-24(9-7-21)31(46)40-15-14-30(44)45/h4,6-13,16-18H,1-3,5,14-15,19-20H2,(H,40,46)(H,44,45). The van der Waals surface area contributed by atoms with Gasteiger partial charge in [-0.1, -0.05) is 30.3 Å². The van der Waals surface area contributed by atoms with Gasteiger partial charge in [-0.05, 0) is 84.8 Å². The Morgan fingerprint density at radius 3 is 2.06 bits per heavy atom. The molecule has 0 saturated heterocycles. The van der Waals surface area contributed by atoms with Gasteiger partial charge in [0.2, 0.25) is 0 Å². The predicted octanol–water partition coefficient (Wildman–Crippen LogP) is 7.90. The van der Waals surface area contributed by atoms with Gasteiger partial charge in [-0.15, -0.1) is 0 Å². The van der Waals surface area contributed by atoms with E-state index in [9.17, 15) is 46.0 Å². The fourth-order valence-corrected chi connectivity index (χ4v) is 5.07. The summed E-state index contributed by atoms with van der Waals surface area (Å²) in [5, 5.41) is 23.0. The molecule has 0 atom stereocenters. The Balaban J connectivity index is 1.78. The number of amides is 1. The maximum atomic E-state index is 13.6. The van der Waals surface area contributed by atoms with E-state index in [1.165, 1.54) is 29.2 Å². The Morgan fingerprint density at radius 1 is 0.917 bits per heavy atom. The van der Waals surface area contributed by atoms with Gasteiger partial charge < -0.3 is 15.3 Å². The number of nitrogens with zero attached hydrogens (tertiary/aromatic N) is 3. The van der Waals surface area contributed by atoms with Crippen LogP contribution in [-0.2, 0) is 23.7 Å². The van der Waals surface area contributed by atoms with Crippen LogP contribution in [0.4, 0.5) is 37.7 Å². The number of nitrogens with one attached hydrogen (secondary N) is 1. The number of allylic oxidation sites excluding steroid dienone is 2. The van der Waals surface area contributed by atoms with E-state index >= 15 is 0 Å². The summed E-state index contributed by atoms with van der Waals surface area (Å²) in [5.41, 5.74) is -1.03. The van der Waals surface area contributed by atoms with Crippen LogP contribution < -0.4 is 10.2 Å². The number of halogens is 6. The zero-order valence-electron chi connectivity index (χ0n) is 25.3. The molecule has 48 heavy (non-hydrogen) atoms. The third-order valence-corrected chi connectivity index (χ3v) is 7.43. The third-order valence-electron chi connectivity index (χ3n) is 7.43. The zero-order chi connectivity index (χ0) is 35.1. The molecule has 4 rings (SSSR count). The molecule has 0 unspecified atom stereocenters. The van der Waals surface area contributed by atoms with Crippen LogP contribution in [0.2, 0.25) is 0 Å². The minimum absolute atomic E-state index is 0.0536. The maximum absolute atomic E-state index is 13.6. The lowest BCUT2D eigenvalue weighted by atomic mass is 9.93. The van der Waals surface area contributed by atoms with Crippen LogP contribution in [0.1, 0.15) is 64.7 Å². The SMILES string of the molecule is O=C(O)CCNC(=O)c1ccc(CN(C(C[N+](=O)[O-])=Nc2cc(C(F)(F)F)cc(C(F)(F)F)c2)c2ccc(C3=CCCCC3)cc2)cc1. The number of alkyl halides is 6. The van der Waals surface area contributed by atoms with Crippen LogP contribution in [0.25, 0.3) is 5.57 Å². The highest BCUT2D eigenvalue weighted by Crippen LogP contribution is 2.38. The average Bonchev–Trinajstić information content (AvgIpc) is 3.03. The number of hydrogen-bond acceptors (Lipinski definition) is 5. The van der Waals surface area contributed by atoms with Crippen molar-refractivity contribution in [1.82, 2.24) is 5.32 Å². The minimum Gasteiger partial charge on any atom is -0.481 e. The van der Waals surface area contributed by atoms with E-state index < -0.39 is 58.3 Å². The van der Waals surface area contributed by atoms with Gasteiger partial charge in [0, 0.05) is 29.3 Å². The molecule has 0 aromatic heterocycles. The summed E-state index contributed by atoms with van der Waals surface area (Å²) in [5.74, 6) is -2.08. The first kappa shape index (κ1) is 35.6. The predicted molar refractivity (Wildman–Crippen MR) is 166 cm³/mol. The van der Waals surface area contributed by atoms with Crippen molar-refractivity contribution in [2.75, 3.05) is 18.0 Å². The fourth-order valence-electron chi connectivity index (χ4n) is 5.07. The van der Waals surface area contributed by atoms with Crippen LogP contribution in [0, 0.1) is 10.1 Å². The van der Waals surface area contributed by atoms with Crippen molar-refractivity contribution in [2.45, 2.75) is 51.0 Å². The molecule has 1 aliphatic rings. The van der Waals surface area contributed by atoms with Gasteiger partial charge in [0.1, 0.15) is 0 Å². The molecule has 3 aromatic rings. The number of hydrogen-bond donors (Lipinski definition) is 2. The number of carbonyl (C=O) groups excluding carboxylic acids is 1. The maximum Gasteiger partial charge on any atom is 0.416 e. The lowest BCUT2D eigenvalue weighted by molar-refractivity contribution is -0.463. The number of amidine groups is 1. The second-order valence-electron chi connectivity index (χ2n) is 11.0. The lowest BCUT2D eigenvalue weighted by Gasteiger charge is -2.26. The Morgan fingerprint density at radius 2 is 1.54 bits per heavy atom. The number of nitro groups is 1. The molecular weight excluding hydrogens is 646 g/mol. The molecule has 0 saturated carbocycles. The topological polar surface area (TPSA) is 125 Å². The smallest absolute Gasteiger partial charge is 0.416 e. The molecule has 15 heteroatoms. The molecule has 0 aliphatic heterocycles. The normalized spacial score (nSPS) is 13.9. The highest BCUT2D eigenvalue weighted by Gasteiger charge is 2.37. The highest BCUT2D eigenvalue weighted by molar-refractivity contribution is 6.00. The molecule has 1 aliphatic carbocycles. The number of carboxylic acid groups (broad SMARTS) is 1. The van der Waals surface area contributed by atoms with Crippen molar-refractivity contribution < 1.29 is 46.0 Å². The first-order valence-corrected chi connectivity index (χ1v) is 14.7. The number of aliphatic imine (C=N–C) groups is 1. The quantitative estimate of drug-likeness (QED) is 0.0700. The Bertz CT molecular complexity index is 1670. The molecule has 0 bridgehead atoms. The van der Waals surface area contributed by atoms with E-state index in [4.69, 9.17) is 5.11 Å². The van der Waals surface area contributed by atoms with Gasteiger partial charge in [-0.3, -0.25) is 19.7 Å². The number of rotatable bonds is 11. The van der Waals surface area contributed by atoms with E-state index in [1.807, 2.05) is 0 Å². The van der Waals surface area contributed by atoms with Crippen molar-refractivity contribution in [1.29, 1.82) is 0 Å². The van der Waals surface area contributed by atoms with Crippen LogP contribution in [-0.4, -0.2) is 40.8 Å². The molecular formula is C33H30F6N4O5. The summed E-state index contributed by atoms with van der Waals surface area (Å²) >= 11 is 0. The molecule has 9 nitrogen and oxygen atoms in total. The second kappa shape index (κ2) is 15.1. The van der Waals surface area contributed by atoms with Gasteiger partial charge in [0.15, 0.2) is 5.84 Å². The van der Waals surface area contributed by atoms with E-state index in [-0.39, 0.29) is 31.1 Å². The Labute approximate surface area is 270 Å². The second-order valence-corrected chi connectivity index (χ2v) is 11.0. The number of carbonyl (C=O) groups is 2. The van der Waals surface area contributed by atoms with Crippen molar-refractivity contribution in [3.8, 4) is 0 Å². The third kappa shape index (κ3) is 9.89. The van der Waals surface area contributed by atoms with E-state index in [2.05, 4.69) is 16.4 Å². The van der Waals surface area contributed by atoms with Crippen LogP contribution in [0.15, 0.2) is 77.8 Å². The van der Waals surface area contributed by atoms with Gasteiger partial charge in [0.05, 0.1) is 23.2 Å². The molecule has 1 amide bonds. The number of carboxylic acids is 1. The van der Waals surface area contributed by atoms with Gasteiger partial charge in [0.25, 0.3) is 12.5 Å². The van der Waals surface area contributed by atoms with E-state index in [0.29, 0.717) is 23.4 Å². The van der Waals surface area contributed by atoms with Crippen molar-refractivity contribution in [3.05, 3.63) is 111 Å². The monoisotopic (exact) mass is 676 g/mol. The first-order valence-electron chi connectivity index (χ1n) is 14.7. The number of anilines is 1. The fraction of sp³-hybridized carbons (Fsp3) is 0.303. The first-order chi connectivity index (χ1) is 22.6. The molecule has 0 spiro atoms. The molecule has 3 aromatic carbocycles. The van der Waals surface area contributed by atoms with Crippen LogP contribution in [0.5, 0.6) is 0 Å². The minimum atomic E-state index is -5.15. The van der Waals surface area contributed by atoms with Crippen molar-refractivity contribution in [3.63, 3.8) is 0 Å². The van der Waals surface area contributed by atoms with Gasteiger partial charge in [-0.25, -0.2) is 4.99 Å². The summed E-state index contributed by atoms with van der Waals surface area (Å²) in [4.78, 5) is 39.5. The van der Waals surface area contributed by atoms with Gasteiger partial charge in [-0.2, -0.15) is 26.3 Å². The van der Waals surface area contributed by atoms with Crippen molar-refractivity contribution >= 4 is 34.7 Å². The molecule has 254 valence electrons. The van der Waals surface area contributed by atoms with Gasteiger partial charge >= 0.3 is 18.3 Å². The van der Waals surface area contributed by atoms with Crippen LogP contribution in [0.3, 0.4) is 0 Å². The van der Waals surface area contributed by atoms with Crippen molar-refractivity contribution in [2.24, 2.45) is 4.99 Å².